The highest BCUT2D eigenvalue weighted by molar-refractivity contribution is 7.13. The molecular formula is C19H20N2O3S. The Morgan fingerprint density at radius 1 is 1.28 bits per heavy atom. The number of carbonyl (C=O) groups excluding carboxylic acids is 1. The molecule has 6 heteroatoms. The van der Waals surface area contributed by atoms with Gasteiger partial charge in [0.15, 0.2) is 0 Å². The molecule has 0 aliphatic rings. The number of aromatic nitrogens is 1. The van der Waals surface area contributed by atoms with Gasteiger partial charge in [-0.2, -0.15) is 0 Å². The maximum Gasteiger partial charge on any atom is 0.236 e. The Morgan fingerprint density at radius 3 is 2.88 bits per heavy atom. The van der Waals surface area contributed by atoms with Crippen LogP contribution in [0.25, 0.3) is 10.8 Å². The van der Waals surface area contributed by atoms with Gasteiger partial charge in [0.2, 0.25) is 11.8 Å². The molecule has 0 saturated heterocycles. The van der Waals surface area contributed by atoms with Crippen molar-refractivity contribution in [3.05, 3.63) is 53.2 Å². The lowest BCUT2D eigenvalue weighted by atomic mass is 10.2. The summed E-state index contributed by atoms with van der Waals surface area (Å²) < 4.78 is 11.3. The normalized spacial score (nSPS) is 10.6. The third-order valence-corrected chi connectivity index (χ3v) is 4.43. The molecule has 0 unspecified atom stereocenters. The lowest BCUT2D eigenvalue weighted by Gasteiger charge is -2.11. The number of nitrogens with zero attached hydrogens (tertiary/aromatic N) is 1. The van der Waals surface area contributed by atoms with Gasteiger partial charge in [-0.05, 0) is 36.9 Å². The highest BCUT2D eigenvalue weighted by Crippen LogP contribution is 2.27. The summed E-state index contributed by atoms with van der Waals surface area (Å²) in [5.41, 5.74) is 1.31. The van der Waals surface area contributed by atoms with Crippen molar-refractivity contribution in [1.29, 1.82) is 0 Å². The predicted molar refractivity (Wildman–Crippen MR) is 99.1 cm³/mol. The summed E-state index contributed by atoms with van der Waals surface area (Å²) in [4.78, 5) is 17.8. The fourth-order valence-electron chi connectivity index (χ4n) is 2.35. The summed E-state index contributed by atoms with van der Waals surface area (Å²) in [6.45, 7) is 4.48. The van der Waals surface area contributed by atoms with Crippen LogP contribution in [0.3, 0.4) is 0 Å². The van der Waals surface area contributed by atoms with Crippen molar-refractivity contribution in [3.8, 4) is 16.5 Å². The molecule has 3 aromatic rings. The van der Waals surface area contributed by atoms with Gasteiger partial charge in [-0.3, -0.25) is 4.79 Å². The Labute approximate surface area is 150 Å². The van der Waals surface area contributed by atoms with Crippen LogP contribution in [0.5, 0.6) is 5.75 Å². The Morgan fingerprint density at radius 2 is 2.12 bits per heavy atom. The summed E-state index contributed by atoms with van der Waals surface area (Å²) in [5.74, 6) is 1.74. The van der Waals surface area contributed by atoms with E-state index in [1.807, 2.05) is 55.6 Å². The van der Waals surface area contributed by atoms with Crippen molar-refractivity contribution in [2.45, 2.75) is 26.7 Å². The third kappa shape index (κ3) is 4.28. The molecule has 130 valence electrons. The first-order valence-electron chi connectivity index (χ1n) is 8.19. The summed E-state index contributed by atoms with van der Waals surface area (Å²) in [7, 11) is 0. The molecule has 0 atom stereocenters. The molecule has 2 heterocycles. The molecule has 0 saturated carbocycles. The molecule has 2 aromatic heterocycles. The third-order valence-electron chi connectivity index (χ3n) is 3.58. The van der Waals surface area contributed by atoms with Crippen LogP contribution in [-0.2, 0) is 11.2 Å². The minimum atomic E-state index is -0.151. The molecule has 0 aliphatic carbocycles. The van der Waals surface area contributed by atoms with Crippen molar-refractivity contribution in [1.82, 2.24) is 4.98 Å². The molecule has 0 aliphatic heterocycles. The molecule has 5 nitrogen and oxygen atoms in total. The molecule has 0 spiro atoms. The zero-order valence-electron chi connectivity index (χ0n) is 14.2. The van der Waals surface area contributed by atoms with Gasteiger partial charge in [0.1, 0.15) is 11.5 Å². The Hall–Kier alpha value is -2.60. The lowest BCUT2D eigenvalue weighted by Crippen LogP contribution is -2.16. The first kappa shape index (κ1) is 17.2. The van der Waals surface area contributed by atoms with Crippen LogP contribution in [0.4, 0.5) is 5.69 Å². The average Bonchev–Trinajstić information content (AvgIpc) is 3.24. The van der Waals surface area contributed by atoms with Crippen molar-refractivity contribution in [3.63, 3.8) is 0 Å². The number of hydrogen-bond acceptors (Lipinski definition) is 5. The van der Waals surface area contributed by atoms with E-state index in [0.29, 0.717) is 35.4 Å². The number of rotatable bonds is 7. The second-order valence-corrected chi connectivity index (χ2v) is 6.52. The number of benzene rings is 1. The van der Waals surface area contributed by atoms with E-state index in [-0.39, 0.29) is 12.3 Å². The van der Waals surface area contributed by atoms with Gasteiger partial charge in [0, 0.05) is 0 Å². The van der Waals surface area contributed by atoms with Gasteiger partial charge in [-0.25, -0.2) is 4.98 Å². The largest absolute Gasteiger partial charge is 0.491 e. The van der Waals surface area contributed by atoms with E-state index >= 15 is 0 Å². The summed E-state index contributed by atoms with van der Waals surface area (Å²) >= 11 is 1.56. The zero-order valence-corrected chi connectivity index (χ0v) is 15.1. The van der Waals surface area contributed by atoms with Crippen LogP contribution < -0.4 is 10.1 Å². The number of anilines is 1. The van der Waals surface area contributed by atoms with E-state index in [0.717, 1.165) is 11.3 Å². The first-order chi connectivity index (χ1) is 12.2. The van der Waals surface area contributed by atoms with Crippen molar-refractivity contribution in [2.75, 3.05) is 11.9 Å². The monoisotopic (exact) mass is 356 g/mol. The lowest BCUT2D eigenvalue weighted by molar-refractivity contribution is -0.115. The van der Waals surface area contributed by atoms with E-state index in [1.54, 1.807) is 11.3 Å². The number of ether oxygens (including phenoxy) is 1. The van der Waals surface area contributed by atoms with E-state index in [1.165, 1.54) is 0 Å². The standard InChI is InChI=1S/C19H20N2O3S/c1-3-10-23-16-8-5-4-7-14(16)20-18(22)12-15-13(2)24-19(21-15)17-9-6-11-25-17/h4-9,11H,3,10,12H2,1-2H3,(H,20,22). The molecule has 1 N–H and O–H groups in total. The SMILES string of the molecule is CCCOc1ccccc1NC(=O)Cc1nc(-c2cccs2)oc1C. The van der Waals surface area contributed by atoms with Crippen LogP contribution in [0.1, 0.15) is 24.8 Å². The summed E-state index contributed by atoms with van der Waals surface area (Å²) in [5, 5.41) is 4.86. The number of aryl methyl sites for hydroxylation is 1. The topological polar surface area (TPSA) is 64.4 Å². The quantitative estimate of drug-likeness (QED) is 0.667. The molecule has 25 heavy (non-hydrogen) atoms. The minimum Gasteiger partial charge on any atom is -0.491 e. The van der Waals surface area contributed by atoms with Crippen LogP contribution in [0.2, 0.25) is 0 Å². The van der Waals surface area contributed by atoms with Gasteiger partial charge in [-0.1, -0.05) is 25.1 Å². The van der Waals surface area contributed by atoms with Crippen molar-refractivity contribution in [2.24, 2.45) is 0 Å². The Bertz CT molecular complexity index is 840. The van der Waals surface area contributed by atoms with Crippen LogP contribution in [0.15, 0.2) is 46.2 Å². The smallest absolute Gasteiger partial charge is 0.236 e. The molecule has 3 rings (SSSR count). The predicted octanol–water partition coefficient (Wildman–Crippen LogP) is 4.68. The number of amides is 1. The molecule has 0 fully saturated rings. The van der Waals surface area contributed by atoms with Crippen molar-refractivity contribution < 1.29 is 13.9 Å². The number of thiophene rings is 1. The molecule has 0 radical (unpaired) electrons. The Kier molecular flexibility index (Phi) is 5.50. The maximum atomic E-state index is 12.4. The highest BCUT2D eigenvalue weighted by Gasteiger charge is 2.16. The van der Waals surface area contributed by atoms with E-state index in [2.05, 4.69) is 10.3 Å². The van der Waals surface area contributed by atoms with Crippen LogP contribution >= 0.6 is 11.3 Å². The van der Waals surface area contributed by atoms with Gasteiger partial charge < -0.3 is 14.5 Å². The van der Waals surface area contributed by atoms with E-state index < -0.39 is 0 Å². The first-order valence-corrected chi connectivity index (χ1v) is 9.07. The summed E-state index contributed by atoms with van der Waals surface area (Å²) in [6, 6.07) is 11.3. The fourth-order valence-corrected chi connectivity index (χ4v) is 3.00. The fraction of sp³-hybridized carbons (Fsp3) is 0.263. The number of oxazole rings is 1. The molecule has 1 amide bonds. The van der Waals surface area contributed by atoms with Crippen molar-refractivity contribution >= 4 is 22.9 Å². The second kappa shape index (κ2) is 7.98. The highest BCUT2D eigenvalue weighted by atomic mass is 32.1. The Balaban J connectivity index is 1.69. The van der Waals surface area contributed by atoms with Gasteiger partial charge in [0.25, 0.3) is 0 Å². The van der Waals surface area contributed by atoms with E-state index in [4.69, 9.17) is 9.15 Å². The molecule has 1 aromatic carbocycles. The number of para-hydroxylation sites is 2. The molecule has 0 bridgehead atoms. The number of nitrogens with one attached hydrogen (secondary N) is 1. The number of hydrogen-bond donors (Lipinski definition) is 1. The molecular weight excluding hydrogens is 336 g/mol. The second-order valence-electron chi connectivity index (χ2n) is 5.57. The van der Waals surface area contributed by atoms with Crippen LogP contribution in [-0.4, -0.2) is 17.5 Å². The minimum absolute atomic E-state index is 0.151. The van der Waals surface area contributed by atoms with Gasteiger partial charge in [-0.15, -0.1) is 11.3 Å². The average molecular weight is 356 g/mol. The van der Waals surface area contributed by atoms with E-state index in [9.17, 15) is 4.79 Å². The number of carbonyl (C=O) groups is 1. The zero-order chi connectivity index (χ0) is 17.6. The van der Waals surface area contributed by atoms with Gasteiger partial charge in [0.05, 0.1) is 29.3 Å². The van der Waals surface area contributed by atoms with Gasteiger partial charge >= 0.3 is 0 Å². The summed E-state index contributed by atoms with van der Waals surface area (Å²) in [6.07, 6.45) is 1.06. The maximum absolute atomic E-state index is 12.4. The van der Waals surface area contributed by atoms with Crippen LogP contribution in [0, 0.1) is 6.92 Å².